The molecule has 0 amide bonds. The second-order valence-electron chi connectivity index (χ2n) is 18.8. The molecule has 8 heterocycles. The molecule has 9 N–H and O–H groups in total. The van der Waals surface area contributed by atoms with Crippen molar-refractivity contribution >= 4 is 0 Å². The molecule has 8 saturated heterocycles. The van der Waals surface area contributed by atoms with Crippen LogP contribution in [0, 0.1) is 46.3 Å². The van der Waals surface area contributed by atoms with Crippen molar-refractivity contribution in [1.82, 2.24) is 0 Å². The highest BCUT2D eigenvalue weighted by Gasteiger charge is 2.70. The van der Waals surface area contributed by atoms with Crippen LogP contribution in [0.3, 0.4) is 0 Å². The smallest absolute Gasteiger partial charge is 0.186 e. The van der Waals surface area contributed by atoms with Crippen molar-refractivity contribution in [1.29, 1.82) is 0 Å². The van der Waals surface area contributed by atoms with E-state index in [1.165, 1.54) is 0 Å². The van der Waals surface area contributed by atoms with Crippen LogP contribution in [-0.2, 0) is 28.4 Å². The molecule has 10 bridgehead atoms. The van der Waals surface area contributed by atoms with E-state index in [1.807, 2.05) is 0 Å². The Hall–Kier alpha value is -0.600. The average Bonchev–Trinajstić information content (AvgIpc) is 3.60. The predicted molar refractivity (Wildman–Crippen MR) is 186 cm³/mol. The van der Waals surface area contributed by atoms with Crippen LogP contribution in [0.2, 0.25) is 0 Å². The molecule has 15 nitrogen and oxygen atoms in total. The summed E-state index contributed by atoms with van der Waals surface area (Å²) in [5.74, 6) is 0.466. The van der Waals surface area contributed by atoms with Gasteiger partial charge in [-0.3, -0.25) is 0 Å². The van der Waals surface area contributed by atoms with Gasteiger partial charge in [0.05, 0.1) is 50.8 Å². The first-order valence-corrected chi connectivity index (χ1v) is 20.5. The minimum absolute atomic E-state index is 0.0302. The lowest BCUT2D eigenvalue weighted by atomic mass is 9.43. The first-order chi connectivity index (χ1) is 25.7. The van der Waals surface area contributed by atoms with E-state index in [1.54, 1.807) is 0 Å². The van der Waals surface area contributed by atoms with E-state index in [0.717, 1.165) is 44.9 Å². The van der Waals surface area contributed by atoms with Crippen LogP contribution in [0.1, 0.15) is 78.6 Å². The fraction of sp³-hybridized carbons (Fsp3) is 1.00. The zero-order chi connectivity index (χ0) is 38.5. The van der Waals surface area contributed by atoms with E-state index in [4.69, 9.17) is 28.4 Å². The van der Waals surface area contributed by atoms with Crippen LogP contribution in [0.5, 0.6) is 0 Å². The third-order valence-corrected chi connectivity index (χ3v) is 16.3. The maximum atomic E-state index is 11.7. The van der Waals surface area contributed by atoms with Crippen molar-refractivity contribution in [2.45, 2.75) is 170 Å². The van der Waals surface area contributed by atoms with Crippen molar-refractivity contribution in [2.75, 3.05) is 26.4 Å². The fourth-order valence-electron chi connectivity index (χ4n) is 13.4. The summed E-state index contributed by atoms with van der Waals surface area (Å²) in [6, 6.07) is 0. The van der Waals surface area contributed by atoms with Gasteiger partial charge in [-0.15, -0.1) is 0 Å². The number of hydrogen-bond acceptors (Lipinski definition) is 15. The van der Waals surface area contributed by atoms with Crippen LogP contribution in [-0.4, -0.2) is 164 Å². The van der Waals surface area contributed by atoms with E-state index in [0.29, 0.717) is 17.8 Å². The lowest BCUT2D eigenvalue weighted by Crippen LogP contribution is -2.61. The first kappa shape index (κ1) is 40.2. The van der Waals surface area contributed by atoms with E-state index in [-0.39, 0.29) is 73.0 Å². The largest absolute Gasteiger partial charge is 0.394 e. The molecule has 4 aliphatic carbocycles. The van der Waals surface area contributed by atoms with Gasteiger partial charge >= 0.3 is 0 Å². The summed E-state index contributed by atoms with van der Waals surface area (Å²) in [6.07, 6.45) is -8.55. The lowest BCUT2D eigenvalue weighted by Gasteiger charge is -2.62. The van der Waals surface area contributed by atoms with Crippen LogP contribution in [0.25, 0.3) is 0 Å². The van der Waals surface area contributed by atoms with Gasteiger partial charge in [0.2, 0.25) is 0 Å². The Morgan fingerprint density at radius 1 is 0.685 bits per heavy atom. The summed E-state index contributed by atoms with van der Waals surface area (Å²) < 4.78 is 37.7. The molecule has 12 rings (SSSR count). The van der Waals surface area contributed by atoms with Crippen LogP contribution >= 0.6 is 0 Å². The quantitative estimate of drug-likeness (QED) is 0.147. The molecule has 8 aliphatic heterocycles. The highest BCUT2D eigenvalue weighted by Crippen LogP contribution is 2.71. The van der Waals surface area contributed by atoms with Crippen LogP contribution in [0.4, 0.5) is 0 Å². The standard InChI is InChI=1S/C39H64O15/c1-17-29-26-12-22-20-11-24(42)23-10-18(4-7-37(23,2)21(20)5-8-38(22,29)3)51-19(13-40)15-50-39(17,54-26)9-6-25-30(43)33(46)32(45)28(52-25)16-49-36-35(48)34(47)31(44)27(14-41)53-36/h17-36,40-48H,4-16H2,1-3H3/t17-,18-,19-,20+,21-,22-,23+,24-,25-,26-,27+,28+,29-,30-,31+,32+,33+,34-,35+,36+,37+,38-,39+/m0/s1. The van der Waals surface area contributed by atoms with Gasteiger partial charge in [-0.25, -0.2) is 0 Å². The number of hydrogen-bond donors (Lipinski definition) is 9. The molecule has 54 heavy (non-hydrogen) atoms. The molecule has 12 fully saturated rings. The van der Waals surface area contributed by atoms with E-state index >= 15 is 0 Å². The van der Waals surface area contributed by atoms with E-state index < -0.39 is 86.3 Å². The molecular weight excluding hydrogens is 708 g/mol. The second-order valence-corrected chi connectivity index (χ2v) is 18.8. The summed E-state index contributed by atoms with van der Waals surface area (Å²) in [6.45, 7) is 5.78. The number of ether oxygens (including phenoxy) is 6. The summed E-state index contributed by atoms with van der Waals surface area (Å²) in [5, 5.41) is 95.5. The average molecular weight is 773 g/mol. The van der Waals surface area contributed by atoms with Crippen molar-refractivity contribution < 1.29 is 74.4 Å². The number of aliphatic hydroxyl groups excluding tert-OH is 9. The molecule has 12 aliphatic rings. The molecule has 0 spiro atoms. The fourth-order valence-corrected chi connectivity index (χ4v) is 13.4. The second kappa shape index (κ2) is 14.9. The number of rotatable bonds is 8. The maximum Gasteiger partial charge on any atom is 0.186 e. The highest BCUT2D eigenvalue weighted by molar-refractivity contribution is 5.16. The summed E-state index contributed by atoms with van der Waals surface area (Å²) in [4.78, 5) is 0. The molecule has 0 aromatic heterocycles. The molecule has 310 valence electrons. The van der Waals surface area contributed by atoms with Crippen molar-refractivity contribution in [3.63, 3.8) is 0 Å². The zero-order valence-electron chi connectivity index (χ0n) is 31.7. The van der Waals surface area contributed by atoms with E-state index in [2.05, 4.69) is 20.8 Å². The molecular formula is C39H64O15. The first-order valence-electron chi connectivity index (χ1n) is 20.5. The Balaban J connectivity index is 1.02. The normalized spacial score (nSPS) is 58.4. The Morgan fingerprint density at radius 2 is 1.39 bits per heavy atom. The minimum atomic E-state index is -1.66. The van der Waals surface area contributed by atoms with Gasteiger partial charge in [0, 0.05) is 12.3 Å². The molecule has 0 aromatic carbocycles. The van der Waals surface area contributed by atoms with Crippen LogP contribution in [0.15, 0.2) is 0 Å². The van der Waals surface area contributed by atoms with Gasteiger partial charge in [-0.05, 0) is 91.8 Å². The Labute approximate surface area is 316 Å². The van der Waals surface area contributed by atoms with Gasteiger partial charge in [0.25, 0.3) is 0 Å². The van der Waals surface area contributed by atoms with Gasteiger partial charge in [-0.2, -0.15) is 0 Å². The molecule has 0 radical (unpaired) electrons. The summed E-state index contributed by atoms with van der Waals surface area (Å²) in [7, 11) is 0. The number of aliphatic hydroxyl groups is 9. The van der Waals surface area contributed by atoms with Crippen LogP contribution < -0.4 is 0 Å². The van der Waals surface area contributed by atoms with Gasteiger partial charge < -0.3 is 74.4 Å². The van der Waals surface area contributed by atoms with Gasteiger partial charge in [-0.1, -0.05) is 20.8 Å². The topological polar surface area (TPSA) is 237 Å². The molecule has 0 aromatic rings. The minimum Gasteiger partial charge on any atom is -0.394 e. The van der Waals surface area contributed by atoms with Gasteiger partial charge in [0.1, 0.15) is 54.9 Å². The van der Waals surface area contributed by atoms with E-state index in [9.17, 15) is 46.0 Å². The monoisotopic (exact) mass is 772 g/mol. The molecule has 23 atom stereocenters. The third-order valence-electron chi connectivity index (χ3n) is 16.3. The van der Waals surface area contributed by atoms with Crippen molar-refractivity contribution in [3.05, 3.63) is 0 Å². The van der Waals surface area contributed by atoms with Crippen molar-refractivity contribution in [2.24, 2.45) is 46.3 Å². The molecule has 4 saturated carbocycles. The third kappa shape index (κ3) is 6.35. The predicted octanol–water partition coefficient (Wildman–Crippen LogP) is -0.820. The lowest BCUT2D eigenvalue weighted by molar-refractivity contribution is -0.315. The SMILES string of the molecule is C[C@H]1[C@H]2[C@@H]3C[C@H]4[C@@H]5C[C@H](O)[C@H]6C[C@H](CC[C@]6(C)[C@H]5CC[C@]24C)O[C@@H](CO)CO[C@]1(CC[C@@H]1O[C@H](CO[C@@H]2O[C@H](CO)[C@@H](O)[C@H](O)[C@H]2O)[C@@H](O)[C@H](O)[C@H]1O)O3. The van der Waals surface area contributed by atoms with Crippen molar-refractivity contribution in [3.8, 4) is 0 Å². The summed E-state index contributed by atoms with van der Waals surface area (Å²) in [5.41, 5.74) is 0.0110. The van der Waals surface area contributed by atoms with Gasteiger partial charge in [0.15, 0.2) is 12.1 Å². The Morgan fingerprint density at radius 3 is 2.13 bits per heavy atom. The molecule has 15 heteroatoms. The highest BCUT2D eigenvalue weighted by atomic mass is 16.7. The zero-order valence-corrected chi connectivity index (χ0v) is 31.7. The maximum absolute atomic E-state index is 11.7. The Kier molecular flexibility index (Phi) is 11.1. The molecule has 0 unspecified atom stereocenters. The summed E-state index contributed by atoms with van der Waals surface area (Å²) >= 11 is 0. The Bertz CT molecular complexity index is 1320.